The summed E-state index contributed by atoms with van der Waals surface area (Å²) in [5, 5.41) is 3.57. The van der Waals surface area contributed by atoms with E-state index >= 15 is 0 Å². The van der Waals surface area contributed by atoms with Crippen LogP contribution in [-0.2, 0) is 4.74 Å². The molecule has 1 spiro atoms. The fourth-order valence-corrected chi connectivity index (χ4v) is 3.90. The second-order valence-corrected chi connectivity index (χ2v) is 6.75. The highest BCUT2D eigenvalue weighted by Gasteiger charge is 2.44. The lowest BCUT2D eigenvalue weighted by Crippen LogP contribution is -2.47. The highest BCUT2D eigenvalue weighted by molar-refractivity contribution is 5.32. The predicted molar refractivity (Wildman–Crippen MR) is 83.0 cm³/mol. The largest absolute Gasteiger partial charge is 0.375 e. The minimum absolute atomic E-state index is 0.234. The number of rotatable bonds is 3. The molecular formula is C18H27NO. The average molecular weight is 273 g/mol. The van der Waals surface area contributed by atoms with Crippen LogP contribution in [0.15, 0.2) is 18.2 Å². The first-order valence-electron chi connectivity index (χ1n) is 8.02. The zero-order valence-corrected chi connectivity index (χ0v) is 13.0. The van der Waals surface area contributed by atoms with E-state index in [9.17, 15) is 0 Å². The van der Waals surface area contributed by atoms with E-state index in [1.54, 1.807) is 0 Å². The van der Waals surface area contributed by atoms with Gasteiger partial charge in [0.05, 0.1) is 5.60 Å². The minimum Gasteiger partial charge on any atom is -0.375 e. The van der Waals surface area contributed by atoms with Crippen molar-refractivity contribution >= 4 is 0 Å². The Morgan fingerprint density at radius 1 is 1.25 bits per heavy atom. The molecule has 20 heavy (non-hydrogen) atoms. The van der Waals surface area contributed by atoms with Crippen molar-refractivity contribution in [2.24, 2.45) is 5.92 Å². The van der Waals surface area contributed by atoms with E-state index < -0.39 is 0 Å². The molecule has 110 valence electrons. The van der Waals surface area contributed by atoms with Gasteiger partial charge in [-0.25, -0.2) is 0 Å². The van der Waals surface area contributed by atoms with Crippen LogP contribution in [0.5, 0.6) is 0 Å². The van der Waals surface area contributed by atoms with Gasteiger partial charge in [-0.1, -0.05) is 18.2 Å². The van der Waals surface area contributed by atoms with Crippen LogP contribution in [0, 0.1) is 19.8 Å². The maximum atomic E-state index is 6.08. The summed E-state index contributed by atoms with van der Waals surface area (Å²) in [6, 6.07) is 7.38. The van der Waals surface area contributed by atoms with E-state index in [-0.39, 0.29) is 5.60 Å². The molecule has 0 amide bonds. The third kappa shape index (κ3) is 2.51. The molecule has 0 radical (unpaired) electrons. The number of ether oxygens (including phenoxy) is 1. The molecule has 3 rings (SSSR count). The van der Waals surface area contributed by atoms with Crippen LogP contribution in [0.1, 0.15) is 54.8 Å². The highest BCUT2D eigenvalue weighted by atomic mass is 16.5. The van der Waals surface area contributed by atoms with Gasteiger partial charge in [0.2, 0.25) is 0 Å². The lowest BCUT2D eigenvalue weighted by atomic mass is 9.69. The minimum atomic E-state index is 0.234. The zero-order valence-electron chi connectivity index (χ0n) is 13.0. The molecule has 2 unspecified atom stereocenters. The van der Waals surface area contributed by atoms with Crippen LogP contribution in [0.25, 0.3) is 0 Å². The van der Waals surface area contributed by atoms with Gasteiger partial charge in [0.15, 0.2) is 0 Å². The Bertz CT molecular complexity index is 478. The monoisotopic (exact) mass is 273 g/mol. The molecule has 0 bridgehead atoms. The van der Waals surface area contributed by atoms with Gasteiger partial charge in [0, 0.05) is 12.6 Å². The fourth-order valence-electron chi connectivity index (χ4n) is 3.90. The number of hydrogen-bond donors (Lipinski definition) is 1. The topological polar surface area (TPSA) is 21.3 Å². The summed E-state index contributed by atoms with van der Waals surface area (Å²) in [5.41, 5.74) is 4.45. The molecule has 0 aromatic heterocycles. The molecule has 2 nitrogen and oxygen atoms in total. The van der Waals surface area contributed by atoms with Crippen molar-refractivity contribution in [3.05, 3.63) is 34.9 Å². The number of aryl methyl sites for hydroxylation is 2. The van der Waals surface area contributed by atoms with Crippen molar-refractivity contribution in [1.29, 1.82) is 0 Å². The molecule has 1 saturated carbocycles. The van der Waals surface area contributed by atoms with Crippen LogP contribution >= 0.6 is 0 Å². The van der Waals surface area contributed by atoms with Gasteiger partial charge >= 0.3 is 0 Å². The number of benzene rings is 1. The third-order valence-corrected chi connectivity index (χ3v) is 5.47. The predicted octanol–water partition coefficient (Wildman–Crippen LogP) is 3.91. The molecular weight excluding hydrogens is 246 g/mol. The van der Waals surface area contributed by atoms with Crippen molar-refractivity contribution in [3.8, 4) is 0 Å². The fraction of sp³-hybridized carbons (Fsp3) is 0.667. The van der Waals surface area contributed by atoms with Gasteiger partial charge in [-0.2, -0.15) is 0 Å². The SMILES string of the molecule is CNC(c1ccc(C)c(C)c1)C1CCOC2(CCC2)C1. The van der Waals surface area contributed by atoms with Crippen molar-refractivity contribution in [1.82, 2.24) is 5.32 Å². The summed E-state index contributed by atoms with van der Waals surface area (Å²) < 4.78 is 6.08. The van der Waals surface area contributed by atoms with E-state index in [0.717, 1.165) is 6.61 Å². The Labute approximate surface area is 122 Å². The number of hydrogen-bond acceptors (Lipinski definition) is 2. The maximum Gasteiger partial charge on any atom is 0.0686 e. The van der Waals surface area contributed by atoms with Gasteiger partial charge in [-0.3, -0.25) is 0 Å². The first kappa shape index (κ1) is 14.1. The zero-order chi connectivity index (χ0) is 14.2. The van der Waals surface area contributed by atoms with E-state index in [0.29, 0.717) is 12.0 Å². The van der Waals surface area contributed by atoms with E-state index in [1.807, 2.05) is 0 Å². The van der Waals surface area contributed by atoms with Crippen LogP contribution in [-0.4, -0.2) is 19.3 Å². The normalized spacial score (nSPS) is 26.2. The van der Waals surface area contributed by atoms with Crippen molar-refractivity contribution in [3.63, 3.8) is 0 Å². The van der Waals surface area contributed by atoms with Crippen molar-refractivity contribution < 1.29 is 4.74 Å². The summed E-state index contributed by atoms with van der Waals surface area (Å²) in [6.07, 6.45) is 6.30. The van der Waals surface area contributed by atoms with Gasteiger partial charge in [-0.05, 0) is 75.6 Å². The first-order chi connectivity index (χ1) is 9.63. The Balaban J connectivity index is 1.79. The van der Waals surface area contributed by atoms with E-state index in [4.69, 9.17) is 4.74 Å². The molecule has 2 heteroatoms. The summed E-state index contributed by atoms with van der Waals surface area (Å²) in [4.78, 5) is 0. The number of nitrogens with one attached hydrogen (secondary N) is 1. The van der Waals surface area contributed by atoms with Gasteiger partial charge in [0.25, 0.3) is 0 Å². The summed E-state index contributed by atoms with van der Waals surface area (Å²) >= 11 is 0. The summed E-state index contributed by atoms with van der Waals surface area (Å²) in [5.74, 6) is 0.705. The third-order valence-electron chi connectivity index (χ3n) is 5.47. The maximum absolute atomic E-state index is 6.08. The van der Waals surface area contributed by atoms with Gasteiger partial charge in [0.1, 0.15) is 0 Å². The average Bonchev–Trinajstić information content (AvgIpc) is 2.42. The Morgan fingerprint density at radius 3 is 2.65 bits per heavy atom. The van der Waals surface area contributed by atoms with E-state index in [2.05, 4.69) is 44.4 Å². The van der Waals surface area contributed by atoms with E-state index in [1.165, 1.54) is 48.8 Å². The van der Waals surface area contributed by atoms with Crippen LogP contribution < -0.4 is 5.32 Å². The first-order valence-corrected chi connectivity index (χ1v) is 8.02. The van der Waals surface area contributed by atoms with Crippen molar-refractivity contribution in [2.45, 2.75) is 57.6 Å². The lowest BCUT2D eigenvalue weighted by Gasteiger charge is -2.48. The summed E-state index contributed by atoms with van der Waals surface area (Å²) in [7, 11) is 2.10. The smallest absolute Gasteiger partial charge is 0.0686 e. The Kier molecular flexibility index (Phi) is 3.87. The Morgan fingerprint density at radius 2 is 2.05 bits per heavy atom. The molecule has 1 N–H and O–H groups in total. The second-order valence-electron chi connectivity index (χ2n) is 6.75. The quantitative estimate of drug-likeness (QED) is 0.901. The molecule has 1 aromatic rings. The van der Waals surface area contributed by atoms with Crippen LogP contribution in [0.4, 0.5) is 0 Å². The molecule has 1 aliphatic heterocycles. The second kappa shape index (κ2) is 5.50. The Hall–Kier alpha value is -0.860. The summed E-state index contributed by atoms with van der Waals surface area (Å²) in [6.45, 7) is 5.34. The van der Waals surface area contributed by atoms with Crippen molar-refractivity contribution in [2.75, 3.05) is 13.7 Å². The highest BCUT2D eigenvalue weighted by Crippen LogP contribution is 2.47. The molecule has 1 heterocycles. The van der Waals surface area contributed by atoms with Crippen LogP contribution in [0.2, 0.25) is 0 Å². The molecule has 2 aliphatic rings. The lowest BCUT2D eigenvalue weighted by molar-refractivity contribution is -0.147. The molecule has 2 fully saturated rings. The van der Waals surface area contributed by atoms with Gasteiger partial charge in [-0.15, -0.1) is 0 Å². The van der Waals surface area contributed by atoms with Crippen LogP contribution in [0.3, 0.4) is 0 Å². The molecule has 1 aromatic carbocycles. The standard InChI is InChI=1S/C18H27NO/c1-13-5-6-15(11-14(13)2)17(19-3)16-7-10-20-18(12-16)8-4-9-18/h5-6,11,16-17,19H,4,7-10,12H2,1-3H3. The van der Waals surface area contributed by atoms with Gasteiger partial charge < -0.3 is 10.1 Å². The molecule has 2 atom stereocenters. The molecule has 1 saturated heterocycles. The molecule has 1 aliphatic carbocycles.